The minimum atomic E-state index is 0.638. The molecule has 1 aliphatic heterocycles. The van der Waals surface area contributed by atoms with Crippen LogP contribution in [0.25, 0.3) is 10.9 Å². The number of benzene rings is 1. The number of aryl methyl sites for hydroxylation is 2. The van der Waals surface area contributed by atoms with Crippen molar-refractivity contribution in [1.82, 2.24) is 19.9 Å². The summed E-state index contributed by atoms with van der Waals surface area (Å²) < 4.78 is 5.28. The van der Waals surface area contributed by atoms with Gasteiger partial charge >= 0.3 is 0 Å². The van der Waals surface area contributed by atoms with Gasteiger partial charge in [-0.15, -0.1) is 0 Å². The number of nitrogens with zero attached hydrogens (tertiary/aromatic N) is 4. The molecule has 142 valence electrons. The number of aromatic amines is 1. The Morgan fingerprint density at radius 2 is 1.93 bits per heavy atom. The summed E-state index contributed by atoms with van der Waals surface area (Å²) in [6.07, 6.45) is 4.45. The average Bonchev–Trinajstić information content (AvgIpc) is 3.11. The van der Waals surface area contributed by atoms with Gasteiger partial charge in [-0.2, -0.15) is 4.98 Å². The lowest BCUT2D eigenvalue weighted by Crippen LogP contribution is -2.47. The minimum absolute atomic E-state index is 0.638. The summed E-state index contributed by atoms with van der Waals surface area (Å²) in [6.45, 7) is 7.13. The zero-order valence-corrected chi connectivity index (χ0v) is 16.1. The lowest BCUT2D eigenvalue weighted by molar-refractivity contribution is 0.253. The van der Waals surface area contributed by atoms with Gasteiger partial charge in [0.1, 0.15) is 0 Å². The number of hydrogen-bond acceptors (Lipinski definition) is 5. The van der Waals surface area contributed by atoms with Crippen LogP contribution in [0, 0.1) is 6.92 Å². The Kier molecular flexibility index (Phi) is 5.25. The Hall–Kier alpha value is -2.60. The smallest absolute Gasteiger partial charge is 0.228 e. The van der Waals surface area contributed by atoms with Crippen LogP contribution in [0.1, 0.15) is 17.7 Å². The maximum atomic E-state index is 5.28. The number of para-hydroxylation sites is 1. The summed E-state index contributed by atoms with van der Waals surface area (Å²) >= 11 is 0. The zero-order chi connectivity index (χ0) is 18.6. The van der Waals surface area contributed by atoms with Crippen molar-refractivity contribution in [2.45, 2.75) is 19.8 Å². The van der Waals surface area contributed by atoms with Crippen molar-refractivity contribution in [2.24, 2.45) is 0 Å². The van der Waals surface area contributed by atoms with Crippen LogP contribution in [0.15, 0.2) is 36.5 Å². The van der Waals surface area contributed by atoms with Crippen LogP contribution in [0.5, 0.6) is 5.88 Å². The molecular weight excluding hydrogens is 338 g/mol. The topological polar surface area (TPSA) is 57.3 Å². The molecule has 0 amide bonds. The third-order valence-corrected chi connectivity index (χ3v) is 5.28. The Balaban J connectivity index is 1.28. The van der Waals surface area contributed by atoms with Crippen LogP contribution in [-0.2, 0) is 6.42 Å². The molecular formula is C21H27N5O. The number of ether oxygens (including phenoxy) is 1. The van der Waals surface area contributed by atoms with Crippen LogP contribution in [0.4, 0.5) is 5.95 Å². The maximum Gasteiger partial charge on any atom is 0.228 e. The first-order valence-corrected chi connectivity index (χ1v) is 9.65. The molecule has 2 aromatic heterocycles. The number of aromatic nitrogens is 3. The first-order valence-electron chi connectivity index (χ1n) is 9.65. The molecule has 0 spiro atoms. The van der Waals surface area contributed by atoms with Gasteiger partial charge in [0.05, 0.1) is 7.11 Å². The third-order valence-electron chi connectivity index (χ3n) is 5.28. The fourth-order valence-electron chi connectivity index (χ4n) is 3.77. The van der Waals surface area contributed by atoms with Gasteiger partial charge in [-0.25, -0.2) is 4.98 Å². The van der Waals surface area contributed by atoms with E-state index >= 15 is 0 Å². The number of nitrogens with one attached hydrogen (secondary N) is 1. The molecule has 3 heterocycles. The first-order chi connectivity index (χ1) is 13.2. The SMILES string of the molecule is COc1cc(C)nc(N2CCN(CCCc3c[nH]c4ccccc34)CC2)n1. The number of piperazine rings is 1. The molecule has 1 N–H and O–H groups in total. The van der Waals surface area contributed by atoms with Gasteiger partial charge < -0.3 is 14.6 Å². The van der Waals surface area contributed by atoms with Crippen molar-refractivity contribution in [3.63, 3.8) is 0 Å². The van der Waals surface area contributed by atoms with Crippen molar-refractivity contribution < 1.29 is 4.74 Å². The average molecular weight is 365 g/mol. The summed E-state index contributed by atoms with van der Waals surface area (Å²) in [5, 5.41) is 1.35. The third kappa shape index (κ3) is 4.06. The monoisotopic (exact) mass is 365 g/mol. The largest absolute Gasteiger partial charge is 0.481 e. The van der Waals surface area contributed by atoms with Crippen LogP contribution in [-0.4, -0.2) is 59.7 Å². The summed E-state index contributed by atoms with van der Waals surface area (Å²) in [7, 11) is 1.65. The van der Waals surface area contributed by atoms with E-state index in [4.69, 9.17) is 4.74 Å². The highest BCUT2D eigenvalue weighted by atomic mass is 16.5. The van der Waals surface area contributed by atoms with Crippen molar-refractivity contribution in [1.29, 1.82) is 0 Å². The van der Waals surface area contributed by atoms with E-state index < -0.39 is 0 Å². The second kappa shape index (κ2) is 7.96. The van der Waals surface area contributed by atoms with Crippen molar-refractivity contribution in [3.05, 3.63) is 47.8 Å². The molecule has 6 heteroatoms. The molecule has 1 aliphatic rings. The summed E-state index contributed by atoms with van der Waals surface area (Å²) in [4.78, 5) is 17.2. The quantitative estimate of drug-likeness (QED) is 0.728. The van der Waals surface area contributed by atoms with E-state index in [0.29, 0.717) is 5.88 Å². The van der Waals surface area contributed by atoms with Crippen LogP contribution < -0.4 is 9.64 Å². The second-order valence-electron chi connectivity index (χ2n) is 7.14. The molecule has 0 aliphatic carbocycles. The van der Waals surface area contributed by atoms with Gasteiger partial charge in [0.15, 0.2) is 0 Å². The summed E-state index contributed by atoms with van der Waals surface area (Å²) in [5.74, 6) is 1.42. The predicted octanol–water partition coefficient (Wildman–Crippen LogP) is 3.03. The number of fused-ring (bicyclic) bond motifs is 1. The first kappa shape index (κ1) is 17.8. The minimum Gasteiger partial charge on any atom is -0.481 e. The van der Waals surface area contributed by atoms with Gasteiger partial charge in [0, 0.05) is 55.0 Å². The molecule has 0 bridgehead atoms. The number of H-pyrrole nitrogens is 1. The van der Waals surface area contributed by atoms with E-state index in [0.717, 1.165) is 50.8 Å². The number of methoxy groups -OCH3 is 1. The molecule has 0 saturated carbocycles. The van der Waals surface area contributed by atoms with Gasteiger partial charge in [0.2, 0.25) is 11.8 Å². The second-order valence-corrected chi connectivity index (χ2v) is 7.14. The van der Waals surface area contributed by atoms with Crippen molar-refractivity contribution in [3.8, 4) is 5.88 Å². The molecule has 1 fully saturated rings. The van der Waals surface area contributed by atoms with E-state index in [1.165, 1.54) is 22.9 Å². The molecule has 0 radical (unpaired) electrons. The highest BCUT2D eigenvalue weighted by molar-refractivity contribution is 5.82. The van der Waals surface area contributed by atoms with E-state index in [2.05, 4.69) is 55.2 Å². The number of rotatable bonds is 6. The highest BCUT2D eigenvalue weighted by Crippen LogP contribution is 2.20. The number of anilines is 1. The fourth-order valence-corrected chi connectivity index (χ4v) is 3.77. The van der Waals surface area contributed by atoms with E-state index in [1.807, 2.05) is 13.0 Å². The molecule has 3 aromatic rings. The van der Waals surface area contributed by atoms with Crippen LogP contribution in [0.3, 0.4) is 0 Å². The predicted molar refractivity (Wildman–Crippen MR) is 109 cm³/mol. The molecule has 0 atom stereocenters. The lowest BCUT2D eigenvalue weighted by atomic mass is 10.1. The Bertz CT molecular complexity index is 898. The highest BCUT2D eigenvalue weighted by Gasteiger charge is 2.19. The Morgan fingerprint density at radius 3 is 2.74 bits per heavy atom. The van der Waals surface area contributed by atoms with Crippen LogP contribution in [0.2, 0.25) is 0 Å². The van der Waals surface area contributed by atoms with Crippen LogP contribution >= 0.6 is 0 Å². The molecule has 6 nitrogen and oxygen atoms in total. The maximum absolute atomic E-state index is 5.28. The van der Waals surface area contributed by atoms with E-state index in [9.17, 15) is 0 Å². The van der Waals surface area contributed by atoms with Gasteiger partial charge in [0.25, 0.3) is 0 Å². The normalized spacial score (nSPS) is 15.4. The molecule has 4 rings (SSSR count). The van der Waals surface area contributed by atoms with Gasteiger partial charge in [-0.05, 0) is 37.9 Å². The van der Waals surface area contributed by atoms with E-state index in [-0.39, 0.29) is 0 Å². The standard InChI is InChI=1S/C21H27N5O/c1-16-14-20(27-2)24-21(23-16)26-12-10-25(11-13-26)9-5-6-17-15-22-19-8-4-3-7-18(17)19/h3-4,7-8,14-15,22H,5-6,9-13H2,1-2H3. The van der Waals surface area contributed by atoms with Gasteiger partial charge in [-0.3, -0.25) is 4.90 Å². The molecule has 0 unspecified atom stereocenters. The zero-order valence-electron chi connectivity index (χ0n) is 16.1. The van der Waals surface area contributed by atoms with E-state index in [1.54, 1.807) is 7.11 Å². The molecule has 1 aromatic carbocycles. The Labute approximate surface area is 160 Å². The Morgan fingerprint density at radius 1 is 1.11 bits per heavy atom. The molecule has 27 heavy (non-hydrogen) atoms. The van der Waals surface area contributed by atoms with Crippen molar-refractivity contribution >= 4 is 16.9 Å². The fraction of sp³-hybridized carbons (Fsp3) is 0.429. The summed E-state index contributed by atoms with van der Waals surface area (Å²) in [5.41, 5.74) is 3.59. The lowest BCUT2D eigenvalue weighted by Gasteiger charge is -2.34. The van der Waals surface area contributed by atoms with Crippen molar-refractivity contribution in [2.75, 3.05) is 44.7 Å². The number of hydrogen-bond donors (Lipinski definition) is 1. The van der Waals surface area contributed by atoms with Gasteiger partial charge in [-0.1, -0.05) is 18.2 Å². The molecule has 1 saturated heterocycles. The summed E-state index contributed by atoms with van der Waals surface area (Å²) in [6, 6.07) is 10.4.